The Morgan fingerprint density at radius 1 is 1.21 bits per heavy atom. The third-order valence-electron chi connectivity index (χ3n) is 6.72. The van der Waals surface area contributed by atoms with E-state index in [2.05, 4.69) is 46.3 Å². The van der Waals surface area contributed by atoms with E-state index in [1.54, 1.807) is 0 Å². The van der Waals surface area contributed by atoms with E-state index in [1.807, 2.05) is 6.07 Å². The van der Waals surface area contributed by atoms with Crippen LogP contribution in [0.3, 0.4) is 0 Å². The van der Waals surface area contributed by atoms with Crippen LogP contribution in [0.1, 0.15) is 31.7 Å². The van der Waals surface area contributed by atoms with Gasteiger partial charge in [0.05, 0.1) is 13.2 Å². The van der Waals surface area contributed by atoms with Crippen molar-refractivity contribution >= 4 is 30.7 Å². The number of hydrogen-bond acceptors (Lipinski definition) is 4. The number of benzene rings is 1. The number of rotatable bonds is 6. The molecular formula is C22H35Cl2N3O2. The van der Waals surface area contributed by atoms with Gasteiger partial charge in [0.2, 0.25) is 5.91 Å². The normalized spacial score (nSPS) is 24.1. The van der Waals surface area contributed by atoms with Crippen LogP contribution in [-0.2, 0) is 16.1 Å². The number of morpholine rings is 1. The fraction of sp³-hybridized carbons (Fsp3) is 0.682. The molecular weight excluding hydrogens is 409 g/mol. The van der Waals surface area contributed by atoms with E-state index in [9.17, 15) is 4.79 Å². The molecule has 0 bridgehead atoms. The molecule has 1 amide bonds. The molecule has 3 aliphatic rings. The number of halogens is 2. The topological polar surface area (TPSA) is 44.8 Å². The van der Waals surface area contributed by atoms with Crippen molar-refractivity contribution in [2.24, 2.45) is 11.3 Å². The summed E-state index contributed by atoms with van der Waals surface area (Å²) in [6.45, 7) is 9.54. The van der Waals surface area contributed by atoms with Crippen molar-refractivity contribution in [1.82, 2.24) is 15.1 Å². The van der Waals surface area contributed by atoms with Crippen LogP contribution >= 0.6 is 24.8 Å². The third-order valence-corrected chi connectivity index (χ3v) is 6.72. The highest BCUT2D eigenvalue weighted by Gasteiger charge is 2.58. The van der Waals surface area contributed by atoms with E-state index in [1.165, 1.54) is 5.56 Å². The molecule has 7 heteroatoms. The zero-order valence-corrected chi connectivity index (χ0v) is 19.0. The summed E-state index contributed by atoms with van der Waals surface area (Å²) in [7, 11) is 0. The molecule has 2 aliphatic heterocycles. The number of carbonyl (C=O) groups excluding carboxylic acids is 1. The van der Waals surface area contributed by atoms with Gasteiger partial charge >= 0.3 is 0 Å². The van der Waals surface area contributed by atoms with Gasteiger partial charge in [-0.3, -0.25) is 9.69 Å². The van der Waals surface area contributed by atoms with Crippen molar-refractivity contribution < 1.29 is 9.53 Å². The molecule has 1 saturated carbocycles. The molecule has 2 unspecified atom stereocenters. The van der Waals surface area contributed by atoms with Gasteiger partial charge in [0.15, 0.2) is 0 Å². The zero-order chi connectivity index (χ0) is 18.7. The lowest BCUT2D eigenvalue weighted by Crippen LogP contribution is -2.48. The minimum atomic E-state index is 0. The molecule has 3 fully saturated rings. The van der Waals surface area contributed by atoms with E-state index in [0.717, 1.165) is 71.7 Å². The number of carbonyl (C=O) groups is 1. The van der Waals surface area contributed by atoms with Gasteiger partial charge in [-0.25, -0.2) is 0 Å². The highest BCUT2D eigenvalue weighted by molar-refractivity contribution is 5.85. The number of nitrogens with zero attached hydrogens (tertiary/aromatic N) is 2. The molecule has 0 radical (unpaired) electrons. The van der Waals surface area contributed by atoms with Gasteiger partial charge in [-0.05, 0) is 50.3 Å². The first-order chi connectivity index (χ1) is 13.2. The van der Waals surface area contributed by atoms with Crippen molar-refractivity contribution in [3.8, 4) is 0 Å². The smallest absolute Gasteiger partial charge is 0.226 e. The van der Waals surface area contributed by atoms with Crippen molar-refractivity contribution in [3.05, 3.63) is 35.9 Å². The molecule has 4 rings (SSSR count). The summed E-state index contributed by atoms with van der Waals surface area (Å²) in [4.78, 5) is 18.1. The largest absolute Gasteiger partial charge is 0.379 e. The molecule has 29 heavy (non-hydrogen) atoms. The van der Waals surface area contributed by atoms with Crippen molar-refractivity contribution in [2.45, 2.75) is 38.8 Å². The Kier molecular flexibility index (Phi) is 9.23. The highest BCUT2D eigenvalue weighted by Crippen LogP contribution is 2.59. The summed E-state index contributed by atoms with van der Waals surface area (Å²) in [6, 6.07) is 10.7. The third kappa shape index (κ3) is 5.86. The van der Waals surface area contributed by atoms with Gasteiger partial charge in [-0.2, -0.15) is 0 Å². The lowest BCUT2D eigenvalue weighted by atomic mass is 9.91. The Labute approximate surface area is 187 Å². The first-order valence-electron chi connectivity index (χ1n) is 10.5. The molecule has 1 aliphatic carbocycles. The molecule has 2 saturated heterocycles. The molecule has 2 atom stereocenters. The van der Waals surface area contributed by atoms with Crippen LogP contribution in [0.5, 0.6) is 0 Å². The Hall–Kier alpha value is -0.850. The maximum absolute atomic E-state index is 13.5. The SMILES string of the molecule is CC(CN1CCOCC1)N(Cc1ccccc1)C(=O)C1CC12CCNCC2.Cl.Cl. The predicted molar refractivity (Wildman–Crippen MR) is 121 cm³/mol. The molecule has 0 aromatic heterocycles. The van der Waals surface area contributed by atoms with Crippen LogP contribution < -0.4 is 5.32 Å². The minimum absolute atomic E-state index is 0. The fourth-order valence-corrected chi connectivity index (χ4v) is 4.86. The van der Waals surface area contributed by atoms with Gasteiger partial charge in [0, 0.05) is 38.1 Å². The second kappa shape index (κ2) is 11.0. The Morgan fingerprint density at radius 3 is 2.52 bits per heavy atom. The van der Waals surface area contributed by atoms with Crippen LogP contribution in [-0.4, -0.2) is 67.7 Å². The average molecular weight is 444 g/mol. The number of hydrogen-bond donors (Lipinski definition) is 1. The summed E-state index contributed by atoms with van der Waals surface area (Å²) in [5, 5.41) is 3.44. The van der Waals surface area contributed by atoms with Crippen LogP contribution in [0.4, 0.5) is 0 Å². The lowest BCUT2D eigenvalue weighted by Gasteiger charge is -2.36. The van der Waals surface area contributed by atoms with Crippen molar-refractivity contribution in [1.29, 1.82) is 0 Å². The van der Waals surface area contributed by atoms with Gasteiger partial charge < -0.3 is 15.0 Å². The molecule has 1 aromatic rings. The predicted octanol–water partition coefficient (Wildman–Crippen LogP) is 2.97. The van der Waals surface area contributed by atoms with Crippen molar-refractivity contribution in [2.75, 3.05) is 45.9 Å². The second-order valence-corrected chi connectivity index (χ2v) is 8.58. The molecule has 1 N–H and O–H groups in total. The zero-order valence-electron chi connectivity index (χ0n) is 17.3. The highest BCUT2D eigenvalue weighted by atomic mass is 35.5. The number of nitrogens with one attached hydrogen (secondary N) is 1. The van der Waals surface area contributed by atoms with E-state index in [-0.39, 0.29) is 42.2 Å². The van der Waals surface area contributed by atoms with Gasteiger partial charge in [-0.15, -0.1) is 24.8 Å². The fourth-order valence-electron chi connectivity index (χ4n) is 4.86. The second-order valence-electron chi connectivity index (χ2n) is 8.58. The van der Waals surface area contributed by atoms with E-state index in [4.69, 9.17) is 4.74 Å². The van der Waals surface area contributed by atoms with Crippen LogP contribution in [0.25, 0.3) is 0 Å². The first-order valence-corrected chi connectivity index (χ1v) is 10.5. The molecule has 1 aromatic carbocycles. The van der Waals surface area contributed by atoms with Gasteiger partial charge in [0.25, 0.3) is 0 Å². The monoisotopic (exact) mass is 443 g/mol. The molecule has 2 heterocycles. The van der Waals surface area contributed by atoms with Gasteiger partial charge in [-0.1, -0.05) is 30.3 Å². The minimum Gasteiger partial charge on any atom is -0.379 e. The maximum atomic E-state index is 13.5. The summed E-state index contributed by atoms with van der Waals surface area (Å²) >= 11 is 0. The van der Waals surface area contributed by atoms with Crippen molar-refractivity contribution in [3.63, 3.8) is 0 Å². The quantitative estimate of drug-likeness (QED) is 0.733. The van der Waals surface area contributed by atoms with Crippen LogP contribution in [0.15, 0.2) is 30.3 Å². The van der Waals surface area contributed by atoms with Gasteiger partial charge in [0.1, 0.15) is 0 Å². The standard InChI is InChI=1S/C22H33N3O2.2ClH/c1-18(16-24-11-13-27-14-12-24)25(17-19-5-3-2-4-6-19)21(26)20-15-22(20)7-9-23-10-8-22;;/h2-6,18,20,23H,7-17H2,1H3;2*1H. The summed E-state index contributed by atoms with van der Waals surface area (Å²) in [6.07, 6.45) is 3.39. The van der Waals surface area contributed by atoms with Crippen LogP contribution in [0.2, 0.25) is 0 Å². The molecule has 1 spiro atoms. The van der Waals surface area contributed by atoms with E-state index < -0.39 is 0 Å². The summed E-state index contributed by atoms with van der Waals surface area (Å²) < 4.78 is 5.48. The molecule has 164 valence electrons. The Balaban J connectivity index is 0.00000150. The summed E-state index contributed by atoms with van der Waals surface area (Å²) in [5.74, 6) is 0.608. The average Bonchev–Trinajstić information content (AvgIpc) is 3.40. The number of amides is 1. The van der Waals surface area contributed by atoms with E-state index in [0.29, 0.717) is 5.91 Å². The lowest BCUT2D eigenvalue weighted by molar-refractivity contribution is -0.137. The number of ether oxygens (including phenoxy) is 1. The maximum Gasteiger partial charge on any atom is 0.226 e. The first kappa shape index (κ1) is 24.4. The Morgan fingerprint density at radius 2 is 1.86 bits per heavy atom. The molecule has 5 nitrogen and oxygen atoms in total. The Bertz CT molecular complexity index is 634. The van der Waals surface area contributed by atoms with E-state index >= 15 is 0 Å². The number of piperidine rings is 1. The summed E-state index contributed by atoms with van der Waals surface area (Å²) in [5.41, 5.74) is 1.51. The van der Waals surface area contributed by atoms with Crippen LogP contribution in [0, 0.1) is 11.3 Å².